The molecule has 3 heterocycles. The van der Waals surface area contributed by atoms with Crippen molar-refractivity contribution in [3.8, 4) is 0 Å². The standard InChI is InChI=1S/C24H27BrN4O3S/c1-13-6-5-7-28(10-13)18(30)11-29-12-26-23-19(24(29)32)16(4)21(33-23)22(31)27-20-14(2)8-17(25)9-15(20)3/h8-9,12-13H,5-7,10-11H2,1-4H3,(H,27,31)/t13-/m0/s1. The second-order valence-electron chi connectivity index (χ2n) is 8.87. The van der Waals surface area contributed by atoms with Gasteiger partial charge in [0.15, 0.2) is 0 Å². The van der Waals surface area contributed by atoms with E-state index in [2.05, 4.69) is 33.2 Å². The molecular formula is C24H27BrN4O3S. The van der Waals surface area contributed by atoms with Gasteiger partial charge in [-0.3, -0.25) is 19.0 Å². The first-order valence-corrected chi connectivity index (χ1v) is 12.6. The van der Waals surface area contributed by atoms with Crippen LogP contribution in [-0.2, 0) is 11.3 Å². The molecule has 0 unspecified atom stereocenters. The molecule has 1 saturated heterocycles. The topological polar surface area (TPSA) is 84.3 Å². The summed E-state index contributed by atoms with van der Waals surface area (Å²) in [6, 6.07) is 3.89. The van der Waals surface area contributed by atoms with Crippen molar-refractivity contribution in [3.05, 3.63) is 54.9 Å². The van der Waals surface area contributed by atoms with Crippen LogP contribution in [0.15, 0.2) is 27.7 Å². The maximum atomic E-state index is 13.2. The van der Waals surface area contributed by atoms with Gasteiger partial charge in [-0.2, -0.15) is 0 Å². The number of halogens is 1. The Morgan fingerprint density at radius 2 is 1.94 bits per heavy atom. The van der Waals surface area contributed by atoms with Gasteiger partial charge in [0.25, 0.3) is 11.5 Å². The van der Waals surface area contributed by atoms with Gasteiger partial charge in [-0.25, -0.2) is 4.98 Å². The maximum Gasteiger partial charge on any atom is 0.266 e. The Balaban J connectivity index is 1.61. The molecule has 0 aliphatic carbocycles. The Kier molecular flexibility index (Phi) is 6.72. The van der Waals surface area contributed by atoms with Gasteiger partial charge >= 0.3 is 0 Å². The van der Waals surface area contributed by atoms with E-state index in [1.807, 2.05) is 30.9 Å². The van der Waals surface area contributed by atoms with Gasteiger partial charge in [0.05, 0.1) is 16.6 Å². The zero-order valence-corrected chi connectivity index (χ0v) is 21.6. The molecule has 1 N–H and O–H groups in total. The van der Waals surface area contributed by atoms with Crippen LogP contribution in [0.3, 0.4) is 0 Å². The van der Waals surface area contributed by atoms with Crippen molar-refractivity contribution in [2.24, 2.45) is 5.92 Å². The van der Waals surface area contributed by atoms with Crippen LogP contribution >= 0.6 is 27.3 Å². The zero-order chi connectivity index (χ0) is 23.9. The van der Waals surface area contributed by atoms with Crippen LogP contribution in [0.25, 0.3) is 10.2 Å². The van der Waals surface area contributed by atoms with Crippen molar-refractivity contribution in [2.45, 2.75) is 47.1 Å². The number of carbonyl (C=O) groups excluding carboxylic acids is 2. The van der Waals surface area contributed by atoms with E-state index in [1.165, 1.54) is 22.2 Å². The van der Waals surface area contributed by atoms with Crippen molar-refractivity contribution in [1.82, 2.24) is 14.5 Å². The molecule has 1 aliphatic rings. The van der Waals surface area contributed by atoms with Gasteiger partial charge in [0.2, 0.25) is 5.91 Å². The molecule has 2 amide bonds. The van der Waals surface area contributed by atoms with Gasteiger partial charge in [-0.1, -0.05) is 22.9 Å². The molecule has 2 aromatic heterocycles. The minimum Gasteiger partial charge on any atom is -0.341 e. The summed E-state index contributed by atoms with van der Waals surface area (Å²) in [5.41, 5.74) is 2.94. The number of rotatable bonds is 4. The number of anilines is 1. The number of nitrogens with one attached hydrogen (secondary N) is 1. The quantitative estimate of drug-likeness (QED) is 0.531. The second kappa shape index (κ2) is 9.38. The van der Waals surface area contributed by atoms with Gasteiger partial charge < -0.3 is 10.2 Å². The molecule has 0 bridgehead atoms. The normalized spacial score (nSPS) is 16.3. The van der Waals surface area contributed by atoms with Crippen LogP contribution in [0.4, 0.5) is 5.69 Å². The number of hydrogen-bond acceptors (Lipinski definition) is 5. The summed E-state index contributed by atoms with van der Waals surface area (Å²) in [5.74, 6) is 0.128. The predicted octanol–water partition coefficient (Wildman–Crippen LogP) is 4.66. The molecule has 0 saturated carbocycles. The van der Waals surface area contributed by atoms with Crippen LogP contribution in [0.5, 0.6) is 0 Å². The number of likely N-dealkylation sites (tertiary alicyclic amines) is 1. The number of amides is 2. The van der Waals surface area contributed by atoms with Crippen LogP contribution in [0.2, 0.25) is 0 Å². The van der Waals surface area contributed by atoms with E-state index >= 15 is 0 Å². The first-order valence-electron chi connectivity index (χ1n) is 11.0. The van der Waals surface area contributed by atoms with Crippen LogP contribution < -0.4 is 10.9 Å². The summed E-state index contributed by atoms with van der Waals surface area (Å²) in [7, 11) is 0. The van der Waals surface area contributed by atoms with Crippen LogP contribution in [0, 0.1) is 26.7 Å². The van der Waals surface area contributed by atoms with Crippen molar-refractivity contribution in [2.75, 3.05) is 18.4 Å². The second-order valence-corrected chi connectivity index (χ2v) is 10.8. The predicted molar refractivity (Wildman–Crippen MR) is 135 cm³/mol. The number of carbonyl (C=O) groups is 2. The van der Waals surface area contributed by atoms with Gasteiger partial charge in [0.1, 0.15) is 11.4 Å². The fourth-order valence-corrected chi connectivity index (χ4v) is 6.15. The Morgan fingerprint density at radius 3 is 2.61 bits per heavy atom. The Bertz CT molecular complexity index is 1290. The van der Waals surface area contributed by atoms with E-state index < -0.39 is 0 Å². The first kappa shape index (κ1) is 23.6. The highest BCUT2D eigenvalue weighted by Gasteiger charge is 2.24. The number of hydrogen-bond donors (Lipinski definition) is 1. The number of aromatic nitrogens is 2. The molecule has 3 aromatic rings. The number of piperidine rings is 1. The van der Waals surface area contributed by atoms with Crippen molar-refractivity contribution < 1.29 is 9.59 Å². The molecule has 0 spiro atoms. The monoisotopic (exact) mass is 530 g/mol. The van der Waals surface area contributed by atoms with Crippen LogP contribution in [0.1, 0.15) is 46.1 Å². The largest absolute Gasteiger partial charge is 0.341 e. The van der Waals surface area contributed by atoms with E-state index in [4.69, 9.17) is 0 Å². The van der Waals surface area contributed by atoms with E-state index in [-0.39, 0.29) is 23.9 Å². The highest BCUT2D eigenvalue weighted by molar-refractivity contribution is 9.10. The number of nitrogens with zero attached hydrogens (tertiary/aromatic N) is 3. The van der Waals surface area contributed by atoms with Gasteiger partial charge in [0, 0.05) is 23.2 Å². The molecule has 1 aliphatic heterocycles. The van der Waals surface area contributed by atoms with Crippen molar-refractivity contribution in [3.63, 3.8) is 0 Å². The lowest BCUT2D eigenvalue weighted by atomic mass is 10.0. The third kappa shape index (κ3) is 4.75. The zero-order valence-electron chi connectivity index (χ0n) is 19.2. The molecule has 1 aromatic carbocycles. The maximum absolute atomic E-state index is 13.2. The third-order valence-electron chi connectivity index (χ3n) is 6.17. The summed E-state index contributed by atoms with van der Waals surface area (Å²) in [6.45, 7) is 9.18. The lowest BCUT2D eigenvalue weighted by Crippen LogP contribution is -2.42. The lowest BCUT2D eigenvalue weighted by Gasteiger charge is -2.31. The molecule has 4 rings (SSSR count). The van der Waals surface area contributed by atoms with Crippen molar-refractivity contribution in [1.29, 1.82) is 0 Å². The van der Waals surface area contributed by atoms with Crippen molar-refractivity contribution >= 4 is 55.0 Å². The number of benzene rings is 1. The molecule has 9 heteroatoms. The minimum atomic E-state index is -0.290. The molecular weight excluding hydrogens is 504 g/mol. The lowest BCUT2D eigenvalue weighted by molar-refractivity contribution is -0.133. The van der Waals surface area contributed by atoms with Crippen LogP contribution in [-0.4, -0.2) is 39.4 Å². The highest BCUT2D eigenvalue weighted by atomic mass is 79.9. The molecule has 7 nitrogen and oxygen atoms in total. The van der Waals surface area contributed by atoms with E-state index in [0.29, 0.717) is 26.6 Å². The summed E-state index contributed by atoms with van der Waals surface area (Å²) in [5, 5.41) is 3.39. The fourth-order valence-electron chi connectivity index (χ4n) is 4.43. The summed E-state index contributed by atoms with van der Waals surface area (Å²) in [6.07, 6.45) is 3.52. The van der Waals surface area contributed by atoms with E-state index in [9.17, 15) is 14.4 Å². The van der Waals surface area contributed by atoms with E-state index in [1.54, 1.807) is 6.92 Å². The minimum absolute atomic E-state index is 0.0391. The summed E-state index contributed by atoms with van der Waals surface area (Å²) >= 11 is 4.67. The third-order valence-corrected chi connectivity index (χ3v) is 7.83. The SMILES string of the molecule is Cc1cc(Br)cc(C)c1NC(=O)c1sc2ncn(CC(=O)N3CCC[C@H](C)C3)c(=O)c2c1C. The Hall–Kier alpha value is -2.52. The number of thiophene rings is 1. The molecule has 1 atom stereocenters. The highest BCUT2D eigenvalue weighted by Crippen LogP contribution is 2.30. The summed E-state index contributed by atoms with van der Waals surface area (Å²) < 4.78 is 2.31. The van der Waals surface area contributed by atoms with Gasteiger partial charge in [-0.15, -0.1) is 11.3 Å². The Morgan fingerprint density at radius 1 is 1.24 bits per heavy atom. The molecule has 0 radical (unpaired) electrons. The first-order chi connectivity index (χ1) is 15.7. The smallest absolute Gasteiger partial charge is 0.266 e. The molecule has 174 valence electrons. The number of aryl methyl sites for hydroxylation is 3. The number of fused-ring (bicyclic) bond motifs is 1. The van der Waals surface area contributed by atoms with Gasteiger partial charge in [-0.05, 0) is 68.4 Å². The summed E-state index contributed by atoms with van der Waals surface area (Å²) in [4.78, 5) is 46.2. The average molecular weight is 531 g/mol. The van der Waals surface area contributed by atoms with E-state index in [0.717, 1.165) is 47.2 Å². The Labute approximate surface area is 204 Å². The fraction of sp³-hybridized carbons (Fsp3) is 0.417. The molecule has 1 fully saturated rings. The average Bonchev–Trinajstić information content (AvgIpc) is 3.09. The molecule has 33 heavy (non-hydrogen) atoms.